The number of carbonyl (C=O) groups is 1. The molecule has 0 radical (unpaired) electrons. The molecular weight excluding hydrogens is 318 g/mol. The minimum absolute atomic E-state index is 0.141. The van der Waals surface area contributed by atoms with E-state index in [2.05, 4.69) is 20.7 Å². The first-order valence-electron chi connectivity index (χ1n) is 8.13. The maximum absolute atomic E-state index is 11.2. The first-order valence-corrected chi connectivity index (χ1v) is 9.74. The number of hydrogen-bond donors (Lipinski definition) is 1. The largest absolute Gasteiger partial charge is 0.462 e. The average Bonchev–Trinajstić information content (AvgIpc) is 2.40. The van der Waals surface area contributed by atoms with Crippen molar-refractivity contribution in [3.05, 3.63) is 12.2 Å². The number of quaternary nitrogens is 1. The first kappa shape index (κ1) is 22.1. The molecule has 7 heteroatoms. The summed E-state index contributed by atoms with van der Waals surface area (Å²) in [5, 5.41) is 0. The lowest BCUT2D eigenvalue weighted by molar-refractivity contribution is -0.890. The summed E-state index contributed by atoms with van der Waals surface area (Å²) < 4.78 is 35.7. The van der Waals surface area contributed by atoms with Crippen LogP contribution in [0.2, 0.25) is 0 Å². The number of rotatable bonds is 13. The molecule has 6 nitrogen and oxygen atoms in total. The highest BCUT2D eigenvalue weighted by Crippen LogP contribution is 2.09. The van der Waals surface area contributed by atoms with Crippen molar-refractivity contribution >= 4 is 16.1 Å². The number of unbranched alkanes of at least 4 members (excludes halogenated alkanes) is 4. The smallest absolute Gasteiger partial charge is 0.333 e. The predicted octanol–water partition coefficient (Wildman–Crippen LogP) is 2.41. The van der Waals surface area contributed by atoms with Gasteiger partial charge >= 0.3 is 5.97 Å². The Bertz CT molecular complexity index is 471. The molecule has 0 aromatic heterocycles. The fourth-order valence-electron chi connectivity index (χ4n) is 2.25. The molecule has 1 N–H and O–H groups in total. The minimum atomic E-state index is -3.81. The summed E-state index contributed by atoms with van der Waals surface area (Å²) in [5.41, 5.74) is 0.424. The molecule has 0 bridgehead atoms. The van der Waals surface area contributed by atoms with Crippen molar-refractivity contribution < 1.29 is 27.0 Å². The molecule has 0 aliphatic heterocycles. The zero-order chi connectivity index (χ0) is 17.9. The summed E-state index contributed by atoms with van der Waals surface area (Å²) in [6, 6.07) is 0. The maximum atomic E-state index is 11.2. The summed E-state index contributed by atoms with van der Waals surface area (Å²) >= 11 is 0. The topological polar surface area (TPSA) is 80.7 Å². The summed E-state index contributed by atoms with van der Waals surface area (Å²) in [4.78, 5) is 11.2. The predicted molar refractivity (Wildman–Crippen MR) is 91.7 cm³/mol. The van der Waals surface area contributed by atoms with E-state index in [9.17, 15) is 13.2 Å². The highest BCUT2D eigenvalue weighted by atomic mass is 32.2. The summed E-state index contributed by atoms with van der Waals surface area (Å²) in [6.07, 6.45) is 5.27. The Labute approximate surface area is 140 Å². The van der Waals surface area contributed by atoms with Crippen LogP contribution in [0, 0.1) is 0 Å². The van der Waals surface area contributed by atoms with Gasteiger partial charge in [0.1, 0.15) is 0 Å². The van der Waals surface area contributed by atoms with E-state index in [0.717, 1.165) is 49.7 Å². The van der Waals surface area contributed by atoms with Gasteiger partial charge in [-0.2, -0.15) is 8.42 Å². The van der Waals surface area contributed by atoms with Crippen LogP contribution in [0.15, 0.2) is 12.2 Å². The third-order valence-corrected chi connectivity index (χ3v) is 4.46. The van der Waals surface area contributed by atoms with E-state index < -0.39 is 10.1 Å². The third-order valence-electron chi connectivity index (χ3n) is 3.66. The van der Waals surface area contributed by atoms with Crippen LogP contribution < -0.4 is 0 Å². The monoisotopic (exact) mass is 350 g/mol. The minimum Gasteiger partial charge on any atom is -0.462 e. The Kier molecular flexibility index (Phi) is 10.3. The van der Waals surface area contributed by atoms with Gasteiger partial charge in [0.2, 0.25) is 0 Å². The lowest BCUT2D eigenvalue weighted by atomic mass is 10.1. The van der Waals surface area contributed by atoms with Gasteiger partial charge in [-0.15, -0.1) is 0 Å². The normalized spacial score (nSPS) is 12.2. The molecule has 0 fully saturated rings. The van der Waals surface area contributed by atoms with Gasteiger partial charge in [-0.3, -0.25) is 4.55 Å². The molecule has 0 aromatic carbocycles. The second kappa shape index (κ2) is 10.8. The molecule has 0 spiro atoms. The van der Waals surface area contributed by atoms with Crippen LogP contribution in [-0.2, 0) is 19.6 Å². The van der Waals surface area contributed by atoms with Gasteiger partial charge in [-0.25, -0.2) is 4.79 Å². The average molecular weight is 351 g/mol. The highest BCUT2D eigenvalue weighted by Gasteiger charge is 2.14. The van der Waals surface area contributed by atoms with Crippen LogP contribution in [0.5, 0.6) is 0 Å². The van der Waals surface area contributed by atoms with Gasteiger partial charge in [0.25, 0.3) is 10.1 Å². The summed E-state index contributed by atoms with van der Waals surface area (Å²) in [5.74, 6) is -0.475. The molecule has 0 atom stereocenters. The van der Waals surface area contributed by atoms with Gasteiger partial charge in [-0.1, -0.05) is 19.4 Å². The SMILES string of the molecule is C=C(C)C(=O)OCCC[N+](C)(C)CCCCCCCS(=O)(=O)O. The van der Waals surface area contributed by atoms with E-state index >= 15 is 0 Å². The second-order valence-corrected chi connectivity index (χ2v) is 8.28. The van der Waals surface area contributed by atoms with Gasteiger partial charge < -0.3 is 9.22 Å². The Balaban J connectivity index is 3.64. The van der Waals surface area contributed by atoms with Crippen molar-refractivity contribution in [2.24, 2.45) is 0 Å². The standard InChI is InChI=1S/C16H31NO5S/c1-15(2)16(18)22-13-10-12-17(3,4)11-8-6-5-7-9-14-23(19,20)21/h1,5-14H2,2-4H3/p+1. The molecule has 0 saturated carbocycles. The Morgan fingerprint density at radius 2 is 1.57 bits per heavy atom. The van der Waals surface area contributed by atoms with E-state index in [-0.39, 0.29) is 11.7 Å². The van der Waals surface area contributed by atoms with Gasteiger partial charge in [0.05, 0.1) is 39.5 Å². The summed E-state index contributed by atoms with van der Waals surface area (Å²) in [6.45, 7) is 7.57. The molecule has 23 heavy (non-hydrogen) atoms. The van der Waals surface area contributed by atoms with Crippen LogP contribution in [0.1, 0.15) is 45.4 Å². The van der Waals surface area contributed by atoms with Crippen molar-refractivity contribution in [3.63, 3.8) is 0 Å². The quantitative estimate of drug-likeness (QED) is 0.181. The number of ether oxygens (including phenoxy) is 1. The molecule has 0 saturated heterocycles. The molecule has 0 unspecified atom stereocenters. The van der Waals surface area contributed by atoms with Crippen molar-refractivity contribution in [1.29, 1.82) is 0 Å². The molecule has 0 aromatic rings. The fraction of sp³-hybridized carbons (Fsp3) is 0.812. The van der Waals surface area contributed by atoms with Crippen LogP contribution in [-0.4, -0.2) is 63.0 Å². The highest BCUT2D eigenvalue weighted by molar-refractivity contribution is 7.85. The second-order valence-electron chi connectivity index (χ2n) is 6.71. The van der Waals surface area contributed by atoms with Gasteiger partial charge in [-0.05, 0) is 26.2 Å². The van der Waals surface area contributed by atoms with Gasteiger partial charge in [0, 0.05) is 12.0 Å². The van der Waals surface area contributed by atoms with E-state index in [1.54, 1.807) is 6.92 Å². The zero-order valence-corrected chi connectivity index (χ0v) is 15.5. The van der Waals surface area contributed by atoms with E-state index in [4.69, 9.17) is 9.29 Å². The molecule has 0 rings (SSSR count). The molecule has 0 aliphatic rings. The lowest BCUT2D eigenvalue weighted by Crippen LogP contribution is -2.41. The van der Waals surface area contributed by atoms with Crippen LogP contribution in [0.3, 0.4) is 0 Å². The fourth-order valence-corrected chi connectivity index (χ4v) is 2.82. The number of esters is 1. The number of hydrogen-bond acceptors (Lipinski definition) is 4. The van der Waals surface area contributed by atoms with E-state index in [0.29, 0.717) is 18.6 Å². The molecular formula is C16H32NO5S+. The zero-order valence-electron chi connectivity index (χ0n) is 14.7. The van der Waals surface area contributed by atoms with Crippen LogP contribution in [0.25, 0.3) is 0 Å². The van der Waals surface area contributed by atoms with Gasteiger partial charge in [0.15, 0.2) is 0 Å². The Hall–Kier alpha value is -0.920. The van der Waals surface area contributed by atoms with Crippen molar-refractivity contribution in [2.75, 3.05) is 39.5 Å². The van der Waals surface area contributed by atoms with Crippen LogP contribution >= 0.6 is 0 Å². The summed E-state index contributed by atoms with van der Waals surface area (Å²) in [7, 11) is 0.494. The number of nitrogens with zero attached hydrogens (tertiary/aromatic N) is 1. The van der Waals surface area contributed by atoms with Crippen molar-refractivity contribution in [3.8, 4) is 0 Å². The maximum Gasteiger partial charge on any atom is 0.333 e. The third kappa shape index (κ3) is 14.4. The lowest BCUT2D eigenvalue weighted by Gasteiger charge is -2.29. The number of carbonyl (C=O) groups excluding carboxylic acids is 1. The van der Waals surface area contributed by atoms with Crippen molar-refractivity contribution in [1.82, 2.24) is 0 Å². The van der Waals surface area contributed by atoms with Crippen LogP contribution in [0.4, 0.5) is 0 Å². The molecule has 0 amide bonds. The Morgan fingerprint density at radius 1 is 1.04 bits per heavy atom. The molecule has 136 valence electrons. The Morgan fingerprint density at radius 3 is 2.13 bits per heavy atom. The van der Waals surface area contributed by atoms with E-state index in [1.165, 1.54) is 0 Å². The molecule has 0 aliphatic carbocycles. The van der Waals surface area contributed by atoms with E-state index in [1.807, 2.05) is 0 Å². The van der Waals surface area contributed by atoms with Crippen molar-refractivity contribution in [2.45, 2.75) is 45.4 Å². The molecule has 0 heterocycles. The first-order chi connectivity index (χ1) is 10.5.